The van der Waals surface area contributed by atoms with E-state index in [1.807, 2.05) is 60.7 Å². The average molecular weight is 320 g/mol. The maximum Gasteiger partial charge on any atom is 0.286 e. The number of hydroxylamine groups is 2. The highest BCUT2D eigenvalue weighted by atomic mass is 16.5. The van der Waals surface area contributed by atoms with E-state index in [0.717, 1.165) is 46.6 Å². The van der Waals surface area contributed by atoms with Crippen LogP contribution in [-0.2, 0) is 0 Å². The van der Waals surface area contributed by atoms with Gasteiger partial charge in [0.2, 0.25) is 6.04 Å². The number of hydrogen-bond donors (Lipinski definition) is 0. The molecule has 0 saturated heterocycles. The van der Waals surface area contributed by atoms with Crippen LogP contribution in [0.3, 0.4) is 0 Å². The molecule has 2 aromatic rings. The lowest BCUT2D eigenvalue weighted by atomic mass is 9.86. The van der Waals surface area contributed by atoms with Crippen LogP contribution in [0.4, 0.5) is 0 Å². The number of benzene rings is 2. The van der Waals surface area contributed by atoms with Crippen molar-refractivity contribution in [3.63, 3.8) is 0 Å². The van der Waals surface area contributed by atoms with Crippen molar-refractivity contribution in [1.29, 1.82) is 0 Å². The second-order valence-electron chi connectivity index (χ2n) is 6.50. The van der Waals surface area contributed by atoms with Crippen molar-refractivity contribution in [2.75, 3.05) is 0 Å². The van der Waals surface area contributed by atoms with Crippen LogP contribution in [0.25, 0.3) is 11.4 Å². The van der Waals surface area contributed by atoms with Gasteiger partial charge in [0.1, 0.15) is 5.70 Å². The summed E-state index contributed by atoms with van der Waals surface area (Å²) in [5.41, 5.74) is 2.60. The first-order chi connectivity index (χ1) is 11.8. The van der Waals surface area contributed by atoms with Crippen molar-refractivity contribution in [1.82, 2.24) is 5.06 Å². The van der Waals surface area contributed by atoms with Gasteiger partial charge >= 0.3 is 0 Å². The molecule has 0 bridgehead atoms. The van der Waals surface area contributed by atoms with E-state index in [-0.39, 0.29) is 12.1 Å². The van der Waals surface area contributed by atoms with Gasteiger partial charge < -0.3 is 10.3 Å². The molecule has 1 aliphatic heterocycles. The summed E-state index contributed by atoms with van der Waals surface area (Å²) in [5, 5.41) is 14.3. The summed E-state index contributed by atoms with van der Waals surface area (Å²) in [7, 11) is 0. The van der Waals surface area contributed by atoms with Gasteiger partial charge in [0.25, 0.3) is 5.70 Å². The Balaban J connectivity index is 1.94. The lowest BCUT2D eigenvalue weighted by Crippen LogP contribution is -2.50. The Morgan fingerprint density at radius 1 is 0.875 bits per heavy atom. The maximum atomic E-state index is 13.2. The molecule has 4 nitrogen and oxygen atoms in total. The Labute approximate surface area is 141 Å². The molecule has 0 radical (unpaired) electrons. The molecule has 2 aliphatic rings. The number of rotatable bonds is 2. The molecule has 0 spiro atoms. The highest BCUT2D eigenvalue weighted by Gasteiger charge is 2.47. The molecule has 0 amide bonds. The van der Waals surface area contributed by atoms with Gasteiger partial charge in [0.15, 0.2) is 0 Å². The Hall–Kier alpha value is -2.46. The average Bonchev–Trinajstić information content (AvgIpc) is 2.66. The first-order valence-corrected chi connectivity index (χ1v) is 8.55. The van der Waals surface area contributed by atoms with Crippen LogP contribution in [0, 0.1) is 10.1 Å². The van der Waals surface area contributed by atoms with Crippen LogP contribution in [0.2, 0.25) is 0 Å². The molecule has 0 N–H and O–H groups in total. The van der Waals surface area contributed by atoms with E-state index in [1.165, 1.54) is 0 Å². The molecule has 2 atom stereocenters. The fourth-order valence-electron chi connectivity index (χ4n) is 3.90. The van der Waals surface area contributed by atoms with Gasteiger partial charge in [0.05, 0.1) is 11.6 Å². The molecule has 1 saturated carbocycles. The lowest BCUT2D eigenvalue weighted by molar-refractivity contribution is -0.514. The van der Waals surface area contributed by atoms with Crippen LogP contribution < -0.4 is 0 Å². The quantitative estimate of drug-likeness (QED) is 0.770. The number of nitrogens with zero attached hydrogens (tertiary/aromatic N) is 2. The van der Waals surface area contributed by atoms with Gasteiger partial charge in [-0.1, -0.05) is 55.0 Å². The molecule has 1 fully saturated rings. The van der Waals surface area contributed by atoms with E-state index in [0.29, 0.717) is 11.4 Å². The number of nitroso groups, excluding NO2 is 1. The Morgan fingerprint density at radius 2 is 1.46 bits per heavy atom. The molecule has 2 aromatic carbocycles. The van der Waals surface area contributed by atoms with E-state index in [1.54, 1.807) is 0 Å². The molecular weight excluding hydrogens is 300 g/mol. The van der Waals surface area contributed by atoms with Crippen molar-refractivity contribution < 1.29 is 4.76 Å². The molecule has 1 heterocycles. The van der Waals surface area contributed by atoms with E-state index >= 15 is 0 Å². The van der Waals surface area contributed by atoms with Crippen molar-refractivity contribution in [3.05, 3.63) is 81.9 Å². The summed E-state index contributed by atoms with van der Waals surface area (Å²) in [6.45, 7) is 0. The molecule has 24 heavy (non-hydrogen) atoms. The van der Waals surface area contributed by atoms with Crippen molar-refractivity contribution >= 4 is 11.4 Å². The predicted molar refractivity (Wildman–Crippen MR) is 94.6 cm³/mol. The third-order valence-electron chi connectivity index (χ3n) is 5.06. The lowest BCUT2D eigenvalue weighted by Gasteiger charge is -2.46. The third kappa shape index (κ3) is 2.43. The fourth-order valence-corrected chi connectivity index (χ4v) is 3.90. The van der Waals surface area contributed by atoms with Gasteiger partial charge in [0, 0.05) is 21.7 Å². The molecule has 122 valence electrons. The molecule has 2 unspecified atom stereocenters. The zero-order chi connectivity index (χ0) is 16.5. The Morgan fingerprint density at radius 3 is 2.12 bits per heavy atom. The van der Waals surface area contributed by atoms with Gasteiger partial charge in [-0.25, -0.2) is 0 Å². The summed E-state index contributed by atoms with van der Waals surface area (Å²) < 4.78 is 1.11. The zero-order valence-electron chi connectivity index (χ0n) is 13.5. The first-order valence-electron chi connectivity index (χ1n) is 8.55. The maximum absolute atomic E-state index is 13.2. The molecule has 4 heteroatoms. The summed E-state index contributed by atoms with van der Waals surface area (Å²) in [5.74, 6) is 0. The number of fused-ring (bicyclic) bond motifs is 1. The molecule has 1 aliphatic carbocycles. The minimum absolute atomic E-state index is 0.251. The van der Waals surface area contributed by atoms with Crippen LogP contribution in [-0.4, -0.2) is 21.9 Å². The monoisotopic (exact) mass is 320 g/mol. The van der Waals surface area contributed by atoms with Crippen LogP contribution in [0.1, 0.15) is 36.8 Å². The van der Waals surface area contributed by atoms with Gasteiger partial charge in [-0.05, 0) is 25.0 Å². The van der Waals surface area contributed by atoms with E-state index in [9.17, 15) is 10.1 Å². The highest BCUT2D eigenvalue weighted by Crippen LogP contribution is 2.41. The largest absolute Gasteiger partial charge is 0.758 e. The van der Waals surface area contributed by atoms with Crippen molar-refractivity contribution in [3.8, 4) is 0 Å². The molecule has 0 aromatic heterocycles. The summed E-state index contributed by atoms with van der Waals surface area (Å²) in [6.07, 6.45) is 3.59. The van der Waals surface area contributed by atoms with E-state index < -0.39 is 0 Å². The van der Waals surface area contributed by atoms with Crippen LogP contribution >= 0.6 is 0 Å². The minimum atomic E-state index is -0.251. The SMILES string of the molecule is O=[N+]1C(c2ccccc2)=C(c2ccccc2)N([O-])C2CCCCC21. The number of hydrogen-bond acceptors (Lipinski definition) is 3. The van der Waals surface area contributed by atoms with E-state index in [4.69, 9.17) is 0 Å². The second kappa shape index (κ2) is 6.21. The molecular formula is C20H20N2O2. The standard InChI is InChI=1S/C20H20N2O2/c23-21-17-13-7-8-14-18(17)22(24)20(16-11-5-2-6-12-16)19(21)15-9-3-1-4-10-15/h1-6,9-12,17-18H,7-8,13-14H2. The highest BCUT2D eigenvalue weighted by molar-refractivity contribution is 5.86. The zero-order valence-corrected chi connectivity index (χ0v) is 13.5. The second-order valence-corrected chi connectivity index (χ2v) is 6.50. The van der Waals surface area contributed by atoms with Gasteiger partial charge in [-0.2, -0.15) is 0 Å². The van der Waals surface area contributed by atoms with Crippen molar-refractivity contribution in [2.24, 2.45) is 0 Å². The smallest absolute Gasteiger partial charge is 0.286 e. The van der Waals surface area contributed by atoms with Crippen LogP contribution in [0.15, 0.2) is 60.7 Å². The minimum Gasteiger partial charge on any atom is -0.758 e. The van der Waals surface area contributed by atoms with Crippen LogP contribution in [0.5, 0.6) is 0 Å². The summed E-state index contributed by atoms with van der Waals surface area (Å²) in [6, 6.07) is 18.6. The van der Waals surface area contributed by atoms with Crippen molar-refractivity contribution in [2.45, 2.75) is 37.8 Å². The summed E-state index contributed by atoms with van der Waals surface area (Å²) in [4.78, 5) is 13.2. The summed E-state index contributed by atoms with van der Waals surface area (Å²) >= 11 is 0. The fraction of sp³-hybridized carbons (Fsp3) is 0.300. The predicted octanol–water partition coefficient (Wildman–Crippen LogP) is 4.42. The third-order valence-corrected chi connectivity index (χ3v) is 5.06. The molecule has 4 rings (SSSR count). The first kappa shape index (κ1) is 15.1. The normalized spacial score (nSPS) is 24.0. The van der Waals surface area contributed by atoms with Gasteiger partial charge in [-0.3, -0.25) is 0 Å². The Kier molecular flexibility index (Phi) is 3.90. The topological polar surface area (TPSA) is 46.4 Å². The Bertz CT molecular complexity index is 771. The van der Waals surface area contributed by atoms with E-state index in [2.05, 4.69) is 0 Å². The van der Waals surface area contributed by atoms with Gasteiger partial charge in [-0.15, -0.1) is 0 Å².